The molecule has 0 amide bonds. The maximum absolute atomic E-state index is 14.4. The highest BCUT2D eigenvalue weighted by Crippen LogP contribution is 2.31. The van der Waals surface area contributed by atoms with Crippen molar-refractivity contribution in [3.8, 4) is 0 Å². The quantitative estimate of drug-likeness (QED) is 0.383. The van der Waals surface area contributed by atoms with Crippen molar-refractivity contribution in [3.63, 3.8) is 0 Å². The number of ether oxygens (including phenoxy) is 1. The number of nitrogens with zero attached hydrogens (tertiary/aromatic N) is 3. The van der Waals surface area contributed by atoms with Gasteiger partial charge in [0.25, 0.3) is 0 Å². The third kappa shape index (κ3) is 5.13. The van der Waals surface area contributed by atoms with Crippen molar-refractivity contribution in [2.45, 2.75) is 45.8 Å². The second kappa shape index (κ2) is 9.95. The minimum Gasteiger partial charge on any atom is -0.373 e. The number of hydrogen-bond acceptors (Lipinski definition) is 6. The van der Waals surface area contributed by atoms with Crippen LogP contribution >= 0.6 is 0 Å². The zero-order valence-corrected chi connectivity index (χ0v) is 19.8. The van der Waals surface area contributed by atoms with Gasteiger partial charge in [0.15, 0.2) is 0 Å². The average Bonchev–Trinajstić information content (AvgIpc) is 2.81. The predicted octanol–water partition coefficient (Wildman–Crippen LogP) is 5.28. The summed E-state index contributed by atoms with van der Waals surface area (Å²) in [4.78, 5) is 8.93. The number of hydrogen-bond donors (Lipinski definition) is 2. The molecule has 4 rings (SSSR count). The van der Waals surface area contributed by atoms with Gasteiger partial charge in [0.1, 0.15) is 17.5 Å². The largest absolute Gasteiger partial charge is 0.373 e. The Morgan fingerprint density at radius 1 is 1.12 bits per heavy atom. The van der Waals surface area contributed by atoms with Gasteiger partial charge in [0.05, 0.1) is 11.8 Å². The maximum Gasteiger partial charge on any atom is 0.150 e. The molecular formula is C26H29F2N5O. The molecule has 0 saturated carbocycles. The minimum absolute atomic E-state index is 0.0244. The monoisotopic (exact) mass is 465 g/mol. The number of rotatable bonds is 6. The van der Waals surface area contributed by atoms with E-state index in [4.69, 9.17) is 10.1 Å². The van der Waals surface area contributed by atoms with Crippen LogP contribution in [0.25, 0.3) is 0 Å². The topological polar surface area (TPSA) is 74.1 Å². The summed E-state index contributed by atoms with van der Waals surface area (Å²) in [7, 11) is 1.94. The van der Waals surface area contributed by atoms with E-state index in [-0.39, 0.29) is 23.4 Å². The first-order valence-corrected chi connectivity index (χ1v) is 11.3. The van der Waals surface area contributed by atoms with E-state index in [9.17, 15) is 8.78 Å². The van der Waals surface area contributed by atoms with Crippen LogP contribution in [0.2, 0.25) is 0 Å². The van der Waals surface area contributed by atoms with E-state index < -0.39 is 11.6 Å². The number of nitrogens with one attached hydrogen (secondary N) is 2. The van der Waals surface area contributed by atoms with Gasteiger partial charge in [-0.15, -0.1) is 0 Å². The van der Waals surface area contributed by atoms with Crippen LogP contribution in [-0.4, -0.2) is 40.4 Å². The van der Waals surface area contributed by atoms with Crippen molar-refractivity contribution in [2.75, 3.05) is 19.1 Å². The molecule has 8 heteroatoms. The number of anilines is 1. The summed E-state index contributed by atoms with van der Waals surface area (Å²) < 4.78 is 33.9. The summed E-state index contributed by atoms with van der Waals surface area (Å²) in [5.74, 6) is -0.992. The summed E-state index contributed by atoms with van der Waals surface area (Å²) in [6.07, 6.45) is 3.36. The Labute approximate surface area is 198 Å². The normalized spacial score (nSPS) is 18.2. The molecule has 3 heterocycles. The van der Waals surface area contributed by atoms with Crippen LogP contribution < -0.4 is 5.43 Å². The van der Waals surface area contributed by atoms with E-state index >= 15 is 0 Å². The Hall–Kier alpha value is -3.23. The second-order valence-corrected chi connectivity index (χ2v) is 8.78. The van der Waals surface area contributed by atoms with E-state index in [0.29, 0.717) is 18.0 Å². The molecule has 1 aliphatic rings. The molecule has 0 aliphatic carbocycles. The summed E-state index contributed by atoms with van der Waals surface area (Å²) in [6, 6.07) is 9.23. The Bertz CT molecular complexity index is 1220. The number of halogens is 2. The lowest BCUT2D eigenvalue weighted by atomic mass is 9.97. The molecule has 2 N–H and O–H groups in total. The number of hydrazine groups is 1. The Balaban J connectivity index is 1.58. The highest BCUT2D eigenvalue weighted by molar-refractivity contribution is 6.13. The minimum atomic E-state index is -0.776. The summed E-state index contributed by atoms with van der Waals surface area (Å²) in [6.45, 7) is 6.37. The molecule has 1 aromatic carbocycles. The maximum atomic E-state index is 14.4. The highest BCUT2D eigenvalue weighted by Gasteiger charge is 2.28. The fraction of sp³-hybridized carbons (Fsp3) is 0.346. The van der Waals surface area contributed by atoms with E-state index in [1.54, 1.807) is 6.20 Å². The number of aryl methyl sites for hydroxylation is 3. The van der Waals surface area contributed by atoms with Crippen LogP contribution in [0.1, 0.15) is 52.6 Å². The lowest BCUT2D eigenvalue weighted by Crippen LogP contribution is -2.41. The van der Waals surface area contributed by atoms with Crippen LogP contribution in [0.5, 0.6) is 0 Å². The molecule has 1 saturated heterocycles. The van der Waals surface area contributed by atoms with Gasteiger partial charge < -0.3 is 10.2 Å². The molecular weight excluding hydrogens is 436 g/mol. The van der Waals surface area contributed by atoms with Crippen LogP contribution in [0.15, 0.2) is 42.6 Å². The Kier molecular flexibility index (Phi) is 7.00. The molecule has 1 unspecified atom stereocenters. The van der Waals surface area contributed by atoms with Gasteiger partial charge in [-0.3, -0.25) is 10.4 Å². The SMILES string of the molecule is Cc1cc(C2C[C@@H](N(C)Nc3nc(C)c(C)cc3C(=N)c3ccc(F)cc3F)CCO2)ccn1. The standard InChI is InChI=1S/C26H29F2N5O/c1-15-11-22(25(29)21-6-5-19(27)13-23(21)28)26(31-17(15)3)32-33(4)20-8-10-34-24(14-20)18-7-9-30-16(2)12-18/h5-7,9,11-13,20,24,29H,8,10,14H2,1-4H3,(H,31,32)/t20-,24?/m0/s1. The summed E-state index contributed by atoms with van der Waals surface area (Å²) >= 11 is 0. The summed E-state index contributed by atoms with van der Waals surface area (Å²) in [5.41, 5.74) is 7.50. The second-order valence-electron chi connectivity index (χ2n) is 8.78. The number of pyridine rings is 2. The van der Waals surface area contributed by atoms with Crippen LogP contribution in [0.3, 0.4) is 0 Å². The van der Waals surface area contributed by atoms with Crippen molar-refractivity contribution < 1.29 is 13.5 Å². The third-order valence-corrected chi connectivity index (χ3v) is 6.31. The van der Waals surface area contributed by atoms with E-state index in [0.717, 1.165) is 47.5 Å². The van der Waals surface area contributed by atoms with Crippen LogP contribution in [0, 0.1) is 37.8 Å². The predicted molar refractivity (Wildman–Crippen MR) is 128 cm³/mol. The molecule has 178 valence electrons. The molecule has 34 heavy (non-hydrogen) atoms. The average molecular weight is 466 g/mol. The van der Waals surface area contributed by atoms with Gasteiger partial charge in [-0.05, 0) is 75.1 Å². The van der Waals surface area contributed by atoms with E-state index in [2.05, 4.69) is 15.4 Å². The van der Waals surface area contributed by atoms with E-state index in [1.165, 1.54) is 6.07 Å². The lowest BCUT2D eigenvalue weighted by molar-refractivity contribution is -0.0191. The summed E-state index contributed by atoms with van der Waals surface area (Å²) in [5, 5.41) is 10.6. The van der Waals surface area contributed by atoms with Gasteiger partial charge in [-0.2, -0.15) is 0 Å². The molecule has 6 nitrogen and oxygen atoms in total. The smallest absolute Gasteiger partial charge is 0.150 e. The van der Waals surface area contributed by atoms with Gasteiger partial charge >= 0.3 is 0 Å². The fourth-order valence-corrected chi connectivity index (χ4v) is 4.21. The molecule has 1 aliphatic heterocycles. The van der Waals surface area contributed by atoms with Crippen molar-refractivity contribution in [2.24, 2.45) is 0 Å². The third-order valence-electron chi connectivity index (χ3n) is 6.31. The molecule has 0 spiro atoms. The van der Waals surface area contributed by atoms with Crippen molar-refractivity contribution in [1.82, 2.24) is 15.0 Å². The zero-order chi connectivity index (χ0) is 24.4. The number of benzene rings is 1. The first-order valence-electron chi connectivity index (χ1n) is 11.3. The van der Waals surface area contributed by atoms with Gasteiger partial charge in [0.2, 0.25) is 0 Å². The van der Waals surface area contributed by atoms with Gasteiger partial charge in [0, 0.05) is 54.5 Å². The molecule has 1 fully saturated rings. The van der Waals surface area contributed by atoms with Crippen molar-refractivity contribution >= 4 is 11.5 Å². The zero-order valence-electron chi connectivity index (χ0n) is 19.8. The molecule has 3 aromatic rings. The van der Waals surface area contributed by atoms with Crippen LogP contribution in [-0.2, 0) is 4.74 Å². The lowest BCUT2D eigenvalue weighted by Gasteiger charge is -2.36. The first kappa shape index (κ1) is 23.9. The van der Waals surface area contributed by atoms with Gasteiger partial charge in [-0.1, -0.05) is 0 Å². The van der Waals surface area contributed by atoms with Crippen molar-refractivity contribution in [1.29, 1.82) is 5.41 Å². The molecule has 0 bridgehead atoms. The first-order chi connectivity index (χ1) is 16.2. The Morgan fingerprint density at radius 3 is 2.65 bits per heavy atom. The number of aromatic nitrogens is 2. The van der Waals surface area contributed by atoms with Gasteiger partial charge in [-0.25, -0.2) is 18.8 Å². The molecule has 2 atom stereocenters. The van der Waals surface area contributed by atoms with Crippen LogP contribution in [0.4, 0.5) is 14.6 Å². The van der Waals surface area contributed by atoms with E-state index in [1.807, 2.05) is 51.0 Å². The fourth-order valence-electron chi connectivity index (χ4n) is 4.21. The molecule has 2 aromatic heterocycles. The van der Waals surface area contributed by atoms with Crippen molar-refractivity contribution in [3.05, 3.63) is 87.9 Å². The highest BCUT2D eigenvalue weighted by atomic mass is 19.1. The molecule has 0 radical (unpaired) electrons. The Morgan fingerprint density at radius 2 is 1.91 bits per heavy atom.